The number of amides is 1. The first-order chi connectivity index (χ1) is 9.70. The molecule has 3 rings (SSSR count). The Hall–Kier alpha value is -1.17. The van der Waals surface area contributed by atoms with E-state index in [4.69, 9.17) is 11.6 Å². The van der Waals surface area contributed by atoms with Crippen LogP contribution in [0, 0.1) is 0 Å². The highest BCUT2D eigenvalue weighted by Gasteiger charge is 2.14. The number of anilines is 1. The molecule has 2 heterocycles. The SMILES string of the molecule is O=C(CCN1CCCC1)Nc1nc2ccc(Cl)cc2s1. The van der Waals surface area contributed by atoms with Crippen LogP contribution < -0.4 is 5.32 Å². The van der Waals surface area contributed by atoms with E-state index in [2.05, 4.69) is 15.2 Å². The number of thiazole rings is 1. The molecule has 0 spiro atoms. The molecular formula is C14H16ClN3OS. The van der Waals surface area contributed by atoms with Gasteiger partial charge in [-0.3, -0.25) is 4.79 Å². The van der Waals surface area contributed by atoms with Crippen molar-refractivity contribution >= 4 is 44.2 Å². The number of benzene rings is 1. The number of likely N-dealkylation sites (tertiary alicyclic amines) is 1. The molecule has 106 valence electrons. The van der Waals surface area contributed by atoms with Crippen molar-refractivity contribution in [3.63, 3.8) is 0 Å². The highest BCUT2D eigenvalue weighted by molar-refractivity contribution is 7.22. The van der Waals surface area contributed by atoms with E-state index in [1.165, 1.54) is 24.2 Å². The molecule has 1 aromatic carbocycles. The van der Waals surface area contributed by atoms with Crippen LogP contribution in [0.25, 0.3) is 10.2 Å². The van der Waals surface area contributed by atoms with E-state index in [0.717, 1.165) is 29.9 Å². The first kappa shape index (κ1) is 13.8. The third-order valence-corrected chi connectivity index (χ3v) is 4.62. The van der Waals surface area contributed by atoms with Gasteiger partial charge in [-0.05, 0) is 44.1 Å². The Balaban J connectivity index is 1.59. The van der Waals surface area contributed by atoms with Crippen molar-refractivity contribution in [3.05, 3.63) is 23.2 Å². The Morgan fingerprint density at radius 1 is 1.40 bits per heavy atom. The summed E-state index contributed by atoms with van der Waals surface area (Å²) in [4.78, 5) is 18.6. The lowest BCUT2D eigenvalue weighted by atomic mass is 10.3. The number of halogens is 1. The lowest BCUT2D eigenvalue weighted by Crippen LogP contribution is -2.24. The normalized spacial score (nSPS) is 15.8. The van der Waals surface area contributed by atoms with Crippen molar-refractivity contribution in [2.75, 3.05) is 25.0 Å². The minimum atomic E-state index is 0.0297. The van der Waals surface area contributed by atoms with Gasteiger partial charge in [-0.1, -0.05) is 22.9 Å². The second-order valence-electron chi connectivity index (χ2n) is 4.98. The zero-order valence-corrected chi connectivity index (χ0v) is 12.6. The third kappa shape index (κ3) is 3.29. The number of nitrogens with one attached hydrogen (secondary N) is 1. The monoisotopic (exact) mass is 309 g/mol. The van der Waals surface area contributed by atoms with Crippen molar-refractivity contribution in [2.24, 2.45) is 0 Å². The summed E-state index contributed by atoms with van der Waals surface area (Å²) in [6, 6.07) is 5.55. The van der Waals surface area contributed by atoms with E-state index >= 15 is 0 Å². The minimum Gasteiger partial charge on any atom is -0.303 e. The summed E-state index contributed by atoms with van der Waals surface area (Å²) in [5.74, 6) is 0.0297. The van der Waals surface area contributed by atoms with Gasteiger partial charge in [-0.2, -0.15) is 0 Å². The average Bonchev–Trinajstić information content (AvgIpc) is 3.04. The van der Waals surface area contributed by atoms with E-state index in [-0.39, 0.29) is 5.91 Å². The summed E-state index contributed by atoms with van der Waals surface area (Å²) in [6.45, 7) is 3.07. The second kappa shape index (κ2) is 6.08. The Morgan fingerprint density at radius 3 is 3.00 bits per heavy atom. The second-order valence-corrected chi connectivity index (χ2v) is 6.45. The fraction of sp³-hybridized carbons (Fsp3) is 0.429. The molecule has 0 saturated carbocycles. The molecule has 0 unspecified atom stereocenters. The van der Waals surface area contributed by atoms with Gasteiger partial charge in [0.15, 0.2) is 5.13 Å². The smallest absolute Gasteiger partial charge is 0.227 e. The van der Waals surface area contributed by atoms with Gasteiger partial charge in [0.25, 0.3) is 0 Å². The zero-order chi connectivity index (χ0) is 13.9. The molecule has 1 fully saturated rings. The number of hydrogen-bond donors (Lipinski definition) is 1. The molecule has 0 bridgehead atoms. The van der Waals surface area contributed by atoms with E-state index < -0.39 is 0 Å². The fourth-order valence-electron chi connectivity index (χ4n) is 2.40. The first-order valence-electron chi connectivity index (χ1n) is 6.79. The molecule has 4 nitrogen and oxygen atoms in total. The third-order valence-electron chi connectivity index (χ3n) is 3.45. The summed E-state index contributed by atoms with van der Waals surface area (Å²) < 4.78 is 0.993. The van der Waals surface area contributed by atoms with Crippen molar-refractivity contribution in [2.45, 2.75) is 19.3 Å². The fourth-order valence-corrected chi connectivity index (χ4v) is 3.56. The van der Waals surface area contributed by atoms with Crippen LogP contribution in [-0.2, 0) is 4.79 Å². The maximum atomic E-state index is 11.9. The largest absolute Gasteiger partial charge is 0.303 e. The van der Waals surface area contributed by atoms with Gasteiger partial charge in [-0.25, -0.2) is 4.98 Å². The standard InChI is InChI=1S/C14H16ClN3OS/c15-10-3-4-11-12(9-10)20-14(16-11)17-13(19)5-8-18-6-1-2-7-18/h3-4,9H,1-2,5-8H2,(H,16,17,19). The van der Waals surface area contributed by atoms with Gasteiger partial charge in [0, 0.05) is 18.0 Å². The lowest BCUT2D eigenvalue weighted by molar-refractivity contribution is -0.116. The number of rotatable bonds is 4. The summed E-state index contributed by atoms with van der Waals surface area (Å²) in [5.41, 5.74) is 0.870. The van der Waals surface area contributed by atoms with Gasteiger partial charge in [0.1, 0.15) is 0 Å². The summed E-state index contributed by atoms with van der Waals surface area (Å²) in [5, 5.41) is 4.21. The van der Waals surface area contributed by atoms with Gasteiger partial charge in [0.05, 0.1) is 10.2 Å². The molecule has 1 aromatic heterocycles. The van der Waals surface area contributed by atoms with Crippen molar-refractivity contribution in [1.29, 1.82) is 0 Å². The van der Waals surface area contributed by atoms with Crippen LogP contribution in [0.4, 0.5) is 5.13 Å². The van der Waals surface area contributed by atoms with Crippen molar-refractivity contribution in [1.82, 2.24) is 9.88 Å². The maximum absolute atomic E-state index is 11.9. The number of carbonyl (C=O) groups is 1. The van der Waals surface area contributed by atoms with Gasteiger partial charge in [0.2, 0.25) is 5.91 Å². The van der Waals surface area contributed by atoms with Gasteiger partial charge in [-0.15, -0.1) is 0 Å². The topological polar surface area (TPSA) is 45.2 Å². The van der Waals surface area contributed by atoms with Crippen LogP contribution in [0.2, 0.25) is 5.02 Å². The van der Waals surface area contributed by atoms with Crippen LogP contribution in [0.5, 0.6) is 0 Å². The van der Waals surface area contributed by atoms with Crippen molar-refractivity contribution in [3.8, 4) is 0 Å². The van der Waals surface area contributed by atoms with Crippen LogP contribution in [0.3, 0.4) is 0 Å². The van der Waals surface area contributed by atoms with E-state index in [0.29, 0.717) is 16.6 Å². The zero-order valence-electron chi connectivity index (χ0n) is 11.1. The van der Waals surface area contributed by atoms with Crippen molar-refractivity contribution < 1.29 is 4.79 Å². The Morgan fingerprint density at radius 2 is 2.20 bits per heavy atom. The van der Waals surface area contributed by atoms with E-state index in [1.54, 1.807) is 0 Å². The Bertz CT molecular complexity index is 622. The minimum absolute atomic E-state index is 0.0297. The summed E-state index contributed by atoms with van der Waals surface area (Å²) >= 11 is 7.40. The number of nitrogens with zero attached hydrogens (tertiary/aromatic N) is 2. The molecule has 0 radical (unpaired) electrons. The molecule has 1 N–H and O–H groups in total. The van der Waals surface area contributed by atoms with Crippen LogP contribution in [0.15, 0.2) is 18.2 Å². The molecular weight excluding hydrogens is 294 g/mol. The summed E-state index contributed by atoms with van der Waals surface area (Å²) in [7, 11) is 0. The average molecular weight is 310 g/mol. The predicted octanol–water partition coefficient (Wildman–Crippen LogP) is 3.37. The molecule has 0 aliphatic carbocycles. The highest BCUT2D eigenvalue weighted by Crippen LogP contribution is 2.28. The van der Waals surface area contributed by atoms with Crippen LogP contribution in [-0.4, -0.2) is 35.4 Å². The quantitative estimate of drug-likeness (QED) is 0.941. The summed E-state index contributed by atoms with van der Waals surface area (Å²) in [6.07, 6.45) is 3.02. The number of aromatic nitrogens is 1. The van der Waals surface area contributed by atoms with Gasteiger partial charge < -0.3 is 10.2 Å². The van der Waals surface area contributed by atoms with Crippen LogP contribution >= 0.6 is 22.9 Å². The van der Waals surface area contributed by atoms with Gasteiger partial charge >= 0.3 is 0 Å². The van der Waals surface area contributed by atoms with E-state index in [1.807, 2.05) is 18.2 Å². The predicted molar refractivity (Wildman–Crippen MR) is 83.6 cm³/mol. The number of hydrogen-bond acceptors (Lipinski definition) is 4. The van der Waals surface area contributed by atoms with Crippen LogP contribution in [0.1, 0.15) is 19.3 Å². The molecule has 1 amide bonds. The first-order valence-corrected chi connectivity index (χ1v) is 7.98. The molecule has 0 atom stereocenters. The Kier molecular flexibility index (Phi) is 4.19. The highest BCUT2D eigenvalue weighted by atomic mass is 35.5. The molecule has 2 aromatic rings. The Labute approximate surface area is 126 Å². The maximum Gasteiger partial charge on any atom is 0.227 e. The number of fused-ring (bicyclic) bond motifs is 1. The molecule has 20 heavy (non-hydrogen) atoms. The molecule has 1 aliphatic heterocycles. The van der Waals surface area contributed by atoms with E-state index in [9.17, 15) is 4.79 Å². The molecule has 1 saturated heterocycles. The molecule has 6 heteroatoms. The lowest BCUT2D eigenvalue weighted by Gasteiger charge is -2.13. The number of carbonyl (C=O) groups excluding carboxylic acids is 1. The molecule has 1 aliphatic rings.